The minimum absolute atomic E-state index is 0.310. The summed E-state index contributed by atoms with van der Waals surface area (Å²) < 4.78 is 13.5. The first-order valence-electron chi connectivity index (χ1n) is 10.5. The largest absolute Gasteiger partial charge is 0.497 e. The highest BCUT2D eigenvalue weighted by atomic mass is 16.5. The molecule has 1 fully saturated rings. The first-order valence-corrected chi connectivity index (χ1v) is 10.5. The number of hydrogen-bond donors (Lipinski definition) is 0. The summed E-state index contributed by atoms with van der Waals surface area (Å²) in [5, 5.41) is 0. The molecule has 2 aromatic carbocycles. The van der Waals surface area contributed by atoms with Crippen LogP contribution in [0.3, 0.4) is 0 Å². The van der Waals surface area contributed by atoms with Gasteiger partial charge in [0.2, 0.25) is 5.95 Å². The van der Waals surface area contributed by atoms with E-state index >= 15 is 0 Å². The first-order chi connectivity index (χ1) is 14.3. The van der Waals surface area contributed by atoms with Gasteiger partial charge >= 0.3 is 0 Å². The van der Waals surface area contributed by atoms with E-state index in [9.17, 15) is 0 Å². The molecule has 6 nitrogen and oxygen atoms in total. The van der Waals surface area contributed by atoms with Crippen LogP contribution in [0.2, 0.25) is 0 Å². The fourth-order valence-electron chi connectivity index (χ4n) is 4.39. The molecule has 0 amide bonds. The molecule has 0 saturated carbocycles. The van der Waals surface area contributed by atoms with E-state index < -0.39 is 0 Å². The van der Waals surface area contributed by atoms with Gasteiger partial charge in [0, 0.05) is 19.7 Å². The highest BCUT2D eigenvalue weighted by Gasteiger charge is 2.29. The van der Waals surface area contributed by atoms with Gasteiger partial charge in [-0.1, -0.05) is 24.3 Å². The maximum Gasteiger partial charge on any atom is 0.208 e. The Labute approximate surface area is 171 Å². The summed E-state index contributed by atoms with van der Waals surface area (Å²) in [6, 6.07) is 16.8. The van der Waals surface area contributed by atoms with Crippen molar-refractivity contribution in [3.8, 4) is 5.75 Å². The Morgan fingerprint density at radius 1 is 1.10 bits per heavy atom. The van der Waals surface area contributed by atoms with Gasteiger partial charge in [-0.2, -0.15) is 0 Å². The Balaban J connectivity index is 1.36. The molecule has 3 heterocycles. The van der Waals surface area contributed by atoms with Gasteiger partial charge in [-0.15, -0.1) is 0 Å². The van der Waals surface area contributed by atoms with E-state index in [1.165, 1.54) is 11.1 Å². The van der Waals surface area contributed by atoms with Crippen LogP contribution < -0.4 is 9.64 Å². The average Bonchev–Trinajstić information content (AvgIpc) is 3.40. The van der Waals surface area contributed by atoms with Crippen LogP contribution in [0, 0.1) is 0 Å². The lowest BCUT2D eigenvalue weighted by atomic mass is 10.1. The zero-order chi connectivity index (χ0) is 19.6. The topological polar surface area (TPSA) is 42.8 Å². The summed E-state index contributed by atoms with van der Waals surface area (Å²) in [5.41, 5.74) is 3.60. The van der Waals surface area contributed by atoms with E-state index in [2.05, 4.69) is 50.8 Å². The third-order valence-corrected chi connectivity index (χ3v) is 5.95. The van der Waals surface area contributed by atoms with E-state index in [1.54, 1.807) is 7.11 Å². The van der Waals surface area contributed by atoms with Gasteiger partial charge in [0.1, 0.15) is 5.75 Å². The molecule has 1 saturated heterocycles. The molecule has 29 heavy (non-hydrogen) atoms. The maximum atomic E-state index is 5.92. The summed E-state index contributed by atoms with van der Waals surface area (Å²) in [7, 11) is 1.71. The minimum atomic E-state index is 0.310. The van der Waals surface area contributed by atoms with Crippen LogP contribution >= 0.6 is 0 Å². The van der Waals surface area contributed by atoms with Crippen LogP contribution in [-0.2, 0) is 17.8 Å². The second-order valence-corrected chi connectivity index (χ2v) is 7.96. The van der Waals surface area contributed by atoms with Gasteiger partial charge < -0.3 is 14.4 Å². The molecule has 5 rings (SSSR count). The van der Waals surface area contributed by atoms with Gasteiger partial charge in [0.15, 0.2) is 0 Å². The fourth-order valence-corrected chi connectivity index (χ4v) is 4.39. The molecule has 2 aliphatic heterocycles. The average molecular weight is 393 g/mol. The molecular weight excluding hydrogens is 364 g/mol. The molecule has 0 aliphatic carbocycles. The third kappa shape index (κ3) is 3.82. The molecule has 1 atom stereocenters. The van der Waals surface area contributed by atoms with Gasteiger partial charge in [-0.25, -0.2) is 4.98 Å². The second kappa shape index (κ2) is 8.05. The van der Waals surface area contributed by atoms with Crippen molar-refractivity contribution >= 4 is 17.0 Å². The number of benzene rings is 2. The van der Waals surface area contributed by atoms with Crippen molar-refractivity contribution in [2.75, 3.05) is 38.4 Å². The lowest BCUT2D eigenvalue weighted by molar-refractivity contribution is 0.107. The molecule has 3 aromatic rings. The van der Waals surface area contributed by atoms with Crippen LogP contribution in [-0.4, -0.2) is 54.0 Å². The van der Waals surface area contributed by atoms with Crippen LogP contribution in [0.5, 0.6) is 5.75 Å². The van der Waals surface area contributed by atoms with Crippen molar-refractivity contribution in [3.63, 3.8) is 0 Å². The fraction of sp³-hybridized carbons (Fsp3) is 0.435. The number of imidazole rings is 1. The summed E-state index contributed by atoms with van der Waals surface area (Å²) >= 11 is 0. The highest BCUT2D eigenvalue weighted by molar-refractivity contribution is 5.79. The van der Waals surface area contributed by atoms with E-state index in [0.29, 0.717) is 6.10 Å². The Bertz CT molecular complexity index is 963. The molecule has 6 heteroatoms. The van der Waals surface area contributed by atoms with Crippen molar-refractivity contribution in [1.29, 1.82) is 0 Å². The van der Waals surface area contributed by atoms with Gasteiger partial charge in [0.05, 0.1) is 37.6 Å². The van der Waals surface area contributed by atoms with Crippen LogP contribution in [0.25, 0.3) is 11.0 Å². The summed E-state index contributed by atoms with van der Waals surface area (Å²) in [6.45, 7) is 4.55. The van der Waals surface area contributed by atoms with Gasteiger partial charge in [0.25, 0.3) is 0 Å². The van der Waals surface area contributed by atoms with E-state index in [-0.39, 0.29) is 0 Å². The Morgan fingerprint density at radius 2 is 1.97 bits per heavy atom. The number of rotatable bonds is 6. The molecule has 1 aromatic heterocycles. The lowest BCUT2D eigenvalue weighted by Gasteiger charge is -2.38. The quantitative estimate of drug-likeness (QED) is 0.642. The molecule has 0 radical (unpaired) electrons. The standard InChI is InChI=1S/C23H28N4O2/c1-28-19-10-8-18(9-11-19)12-13-25-16-26(15-20-5-4-14-29-20)23-24-21-6-2-3-7-22(21)27(23)17-25/h2-3,6-11,20H,4-5,12-17H2,1H3/t20-/m0/s1. The number of para-hydroxylation sites is 2. The number of hydrogen-bond acceptors (Lipinski definition) is 5. The summed E-state index contributed by atoms with van der Waals surface area (Å²) in [4.78, 5) is 9.84. The first kappa shape index (κ1) is 18.5. The minimum Gasteiger partial charge on any atom is -0.497 e. The van der Waals surface area contributed by atoms with E-state index in [1.807, 2.05) is 12.1 Å². The number of nitrogens with zero attached hydrogens (tertiary/aromatic N) is 4. The second-order valence-electron chi connectivity index (χ2n) is 7.96. The molecule has 0 unspecified atom stereocenters. The number of ether oxygens (including phenoxy) is 2. The van der Waals surface area contributed by atoms with E-state index in [4.69, 9.17) is 14.5 Å². The van der Waals surface area contributed by atoms with Crippen molar-refractivity contribution in [1.82, 2.24) is 14.5 Å². The summed E-state index contributed by atoms with van der Waals surface area (Å²) in [5.74, 6) is 1.98. The Kier molecular flexibility index (Phi) is 5.12. The molecule has 0 bridgehead atoms. The smallest absolute Gasteiger partial charge is 0.208 e. The Hall–Kier alpha value is -2.57. The van der Waals surface area contributed by atoms with Gasteiger partial charge in [-0.3, -0.25) is 9.47 Å². The zero-order valence-corrected chi connectivity index (χ0v) is 17.0. The van der Waals surface area contributed by atoms with Crippen LogP contribution in [0.15, 0.2) is 48.5 Å². The SMILES string of the molecule is COc1ccc(CCN2CN(C[C@@H]3CCCO3)c3nc4ccccc4n3C2)cc1. The predicted octanol–water partition coefficient (Wildman–Crippen LogP) is 3.50. The molecule has 0 spiro atoms. The van der Waals surface area contributed by atoms with Crippen molar-refractivity contribution in [2.45, 2.75) is 32.0 Å². The normalized spacial score (nSPS) is 19.6. The predicted molar refractivity (Wildman–Crippen MR) is 114 cm³/mol. The molecule has 0 N–H and O–H groups in total. The maximum absolute atomic E-state index is 5.92. The van der Waals surface area contributed by atoms with Crippen molar-refractivity contribution in [3.05, 3.63) is 54.1 Å². The molecular formula is C23H28N4O2. The summed E-state index contributed by atoms with van der Waals surface area (Å²) in [6.07, 6.45) is 3.63. The monoisotopic (exact) mass is 392 g/mol. The van der Waals surface area contributed by atoms with E-state index in [0.717, 1.165) is 69.5 Å². The van der Waals surface area contributed by atoms with Crippen molar-refractivity contribution in [2.24, 2.45) is 0 Å². The number of aromatic nitrogens is 2. The highest BCUT2D eigenvalue weighted by Crippen LogP contribution is 2.28. The van der Waals surface area contributed by atoms with Crippen LogP contribution in [0.1, 0.15) is 18.4 Å². The molecule has 152 valence electrons. The third-order valence-electron chi connectivity index (χ3n) is 5.95. The Morgan fingerprint density at radius 3 is 2.76 bits per heavy atom. The number of anilines is 1. The lowest BCUT2D eigenvalue weighted by Crippen LogP contribution is -2.48. The number of fused-ring (bicyclic) bond motifs is 3. The van der Waals surface area contributed by atoms with Crippen LogP contribution in [0.4, 0.5) is 5.95 Å². The number of methoxy groups -OCH3 is 1. The molecule has 2 aliphatic rings. The van der Waals surface area contributed by atoms with Gasteiger partial charge in [-0.05, 0) is 49.1 Å². The zero-order valence-electron chi connectivity index (χ0n) is 17.0. The van der Waals surface area contributed by atoms with Crippen molar-refractivity contribution < 1.29 is 9.47 Å².